The average Bonchev–Trinajstić information content (AvgIpc) is 3.38. The van der Waals surface area contributed by atoms with E-state index in [-0.39, 0.29) is 28.2 Å². The monoisotopic (exact) mass is 490 g/mol. The summed E-state index contributed by atoms with van der Waals surface area (Å²) in [5.74, 6) is -1.26. The summed E-state index contributed by atoms with van der Waals surface area (Å²) < 4.78 is 18.3. The molecule has 3 heterocycles. The SMILES string of the molecule is Cc1cc(C(=O)N2CCN(C(=O)c3sc(NC(=O)c4ccc(F)cc4Cl)cc3C)CC2)on1. The van der Waals surface area contributed by atoms with Gasteiger partial charge < -0.3 is 19.6 Å². The molecule has 1 fully saturated rings. The Labute approximate surface area is 197 Å². The van der Waals surface area contributed by atoms with E-state index in [2.05, 4.69) is 10.5 Å². The largest absolute Gasteiger partial charge is 0.351 e. The van der Waals surface area contributed by atoms with Crippen LogP contribution in [0.2, 0.25) is 5.02 Å². The van der Waals surface area contributed by atoms with Gasteiger partial charge in [0.2, 0.25) is 5.76 Å². The Hall–Kier alpha value is -3.24. The van der Waals surface area contributed by atoms with Crippen molar-refractivity contribution < 1.29 is 23.3 Å². The van der Waals surface area contributed by atoms with Gasteiger partial charge in [0, 0.05) is 32.2 Å². The van der Waals surface area contributed by atoms with E-state index in [0.29, 0.717) is 41.8 Å². The number of thiophene rings is 1. The highest BCUT2D eigenvalue weighted by atomic mass is 35.5. The maximum Gasteiger partial charge on any atom is 0.292 e. The number of anilines is 1. The maximum absolute atomic E-state index is 13.2. The number of benzene rings is 1. The van der Waals surface area contributed by atoms with Crippen LogP contribution in [-0.4, -0.2) is 58.9 Å². The highest BCUT2D eigenvalue weighted by Crippen LogP contribution is 2.29. The molecule has 0 saturated carbocycles. The quantitative estimate of drug-likeness (QED) is 0.596. The fourth-order valence-corrected chi connectivity index (χ4v) is 4.77. The van der Waals surface area contributed by atoms with Gasteiger partial charge in [0.15, 0.2) is 0 Å². The molecule has 0 radical (unpaired) electrons. The van der Waals surface area contributed by atoms with Crippen LogP contribution < -0.4 is 5.32 Å². The van der Waals surface area contributed by atoms with Crippen molar-refractivity contribution in [3.05, 3.63) is 68.6 Å². The number of aryl methyl sites for hydroxylation is 2. The molecule has 33 heavy (non-hydrogen) atoms. The Morgan fingerprint density at radius 1 is 1.06 bits per heavy atom. The molecule has 0 aliphatic carbocycles. The van der Waals surface area contributed by atoms with Crippen molar-refractivity contribution in [2.45, 2.75) is 13.8 Å². The van der Waals surface area contributed by atoms with E-state index < -0.39 is 11.7 Å². The average molecular weight is 491 g/mol. The Kier molecular flexibility index (Phi) is 6.48. The Morgan fingerprint density at radius 3 is 2.33 bits per heavy atom. The zero-order valence-electron chi connectivity index (χ0n) is 17.9. The fourth-order valence-electron chi connectivity index (χ4n) is 3.49. The molecule has 3 amide bonds. The number of nitrogens with zero attached hydrogens (tertiary/aromatic N) is 3. The fraction of sp³-hybridized carbons (Fsp3) is 0.273. The summed E-state index contributed by atoms with van der Waals surface area (Å²) in [6, 6.07) is 6.83. The summed E-state index contributed by atoms with van der Waals surface area (Å²) in [5, 5.41) is 6.94. The van der Waals surface area contributed by atoms with Crippen LogP contribution in [0.25, 0.3) is 0 Å². The third-order valence-corrected chi connectivity index (χ3v) is 6.67. The van der Waals surface area contributed by atoms with Crippen molar-refractivity contribution >= 4 is 45.7 Å². The Morgan fingerprint density at radius 2 is 1.73 bits per heavy atom. The third kappa shape index (κ3) is 4.91. The summed E-state index contributed by atoms with van der Waals surface area (Å²) in [5.41, 5.74) is 1.49. The van der Waals surface area contributed by atoms with Crippen LogP contribution in [0.3, 0.4) is 0 Å². The summed E-state index contributed by atoms with van der Waals surface area (Å²) in [4.78, 5) is 41.9. The van der Waals surface area contributed by atoms with E-state index >= 15 is 0 Å². The normalized spacial score (nSPS) is 13.8. The minimum atomic E-state index is -0.533. The van der Waals surface area contributed by atoms with Crippen LogP contribution in [-0.2, 0) is 0 Å². The van der Waals surface area contributed by atoms with Gasteiger partial charge in [0.25, 0.3) is 17.7 Å². The van der Waals surface area contributed by atoms with Crippen molar-refractivity contribution in [1.29, 1.82) is 0 Å². The van der Waals surface area contributed by atoms with Crippen LogP contribution in [0.15, 0.2) is 34.9 Å². The number of halogens is 2. The first kappa shape index (κ1) is 22.9. The van der Waals surface area contributed by atoms with Crippen molar-refractivity contribution in [2.24, 2.45) is 0 Å². The molecule has 0 unspecified atom stereocenters. The first-order chi connectivity index (χ1) is 15.7. The highest BCUT2D eigenvalue weighted by molar-refractivity contribution is 7.18. The summed E-state index contributed by atoms with van der Waals surface area (Å²) >= 11 is 7.11. The lowest BCUT2D eigenvalue weighted by Gasteiger charge is -2.34. The molecule has 1 aliphatic heterocycles. The topological polar surface area (TPSA) is 95.8 Å². The van der Waals surface area contributed by atoms with Gasteiger partial charge in [0.05, 0.1) is 26.2 Å². The first-order valence-electron chi connectivity index (χ1n) is 10.1. The molecule has 1 aliphatic rings. The van der Waals surface area contributed by atoms with Crippen molar-refractivity contribution in [2.75, 3.05) is 31.5 Å². The van der Waals surface area contributed by atoms with Crippen molar-refractivity contribution in [3.8, 4) is 0 Å². The van der Waals surface area contributed by atoms with Gasteiger partial charge in [-0.1, -0.05) is 16.8 Å². The molecule has 0 bridgehead atoms. The van der Waals surface area contributed by atoms with Crippen molar-refractivity contribution in [3.63, 3.8) is 0 Å². The molecular formula is C22H20ClFN4O4S. The summed E-state index contributed by atoms with van der Waals surface area (Å²) in [7, 11) is 0. The minimum Gasteiger partial charge on any atom is -0.351 e. The third-order valence-electron chi connectivity index (χ3n) is 5.22. The molecule has 0 atom stereocenters. The first-order valence-corrected chi connectivity index (χ1v) is 11.3. The molecular weight excluding hydrogens is 471 g/mol. The standard InChI is InChI=1S/C22H20ClFN4O4S/c1-12-9-18(25-20(29)15-4-3-14(24)11-16(15)23)33-19(12)22(31)28-7-5-27(6-8-28)21(30)17-10-13(2)26-32-17/h3-4,9-11H,5-8H2,1-2H3,(H,25,29). The number of rotatable bonds is 4. The van der Waals surface area contributed by atoms with Crippen LogP contribution in [0.5, 0.6) is 0 Å². The van der Waals surface area contributed by atoms with Gasteiger partial charge in [-0.3, -0.25) is 14.4 Å². The lowest BCUT2D eigenvalue weighted by atomic mass is 10.2. The highest BCUT2D eigenvalue weighted by Gasteiger charge is 2.29. The van der Waals surface area contributed by atoms with Gasteiger partial charge in [-0.05, 0) is 43.7 Å². The van der Waals surface area contributed by atoms with E-state index in [4.69, 9.17) is 16.1 Å². The van der Waals surface area contributed by atoms with E-state index in [1.54, 1.807) is 35.8 Å². The Bertz CT molecular complexity index is 1230. The molecule has 3 aromatic rings. The van der Waals surface area contributed by atoms with Gasteiger partial charge >= 0.3 is 0 Å². The number of piperazine rings is 1. The molecule has 1 aromatic carbocycles. The molecule has 2 aromatic heterocycles. The van der Waals surface area contributed by atoms with E-state index in [1.165, 1.54) is 6.07 Å². The number of carbonyl (C=O) groups is 3. The summed E-state index contributed by atoms with van der Waals surface area (Å²) in [6.45, 7) is 5.04. The molecule has 8 nitrogen and oxygen atoms in total. The number of nitrogens with one attached hydrogen (secondary N) is 1. The second-order valence-electron chi connectivity index (χ2n) is 7.62. The molecule has 0 spiro atoms. The molecule has 11 heteroatoms. The van der Waals surface area contributed by atoms with Crippen LogP contribution in [0, 0.1) is 19.7 Å². The molecule has 1 N–H and O–H groups in total. The van der Waals surface area contributed by atoms with Crippen LogP contribution in [0.4, 0.5) is 9.39 Å². The predicted molar refractivity (Wildman–Crippen MR) is 121 cm³/mol. The molecule has 4 rings (SSSR count). The van der Waals surface area contributed by atoms with Gasteiger partial charge in [-0.15, -0.1) is 11.3 Å². The lowest BCUT2D eigenvalue weighted by molar-refractivity contribution is 0.0514. The molecule has 1 saturated heterocycles. The Balaban J connectivity index is 1.39. The summed E-state index contributed by atoms with van der Waals surface area (Å²) in [6.07, 6.45) is 0. The van der Waals surface area contributed by atoms with Crippen molar-refractivity contribution in [1.82, 2.24) is 15.0 Å². The van der Waals surface area contributed by atoms with E-state index in [9.17, 15) is 18.8 Å². The van der Waals surface area contributed by atoms with E-state index in [1.807, 2.05) is 0 Å². The van der Waals surface area contributed by atoms with E-state index in [0.717, 1.165) is 29.0 Å². The zero-order chi connectivity index (χ0) is 23.7. The predicted octanol–water partition coefficient (Wildman–Crippen LogP) is 4.00. The smallest absolute Gasteiger partial charge is 0.292 e. The second-order valence-corrected chi connectivity index (χ2v) is 9.08. The lowest BCUT2D eigenvalue weighted by Crippen LogP contribution is -2.50. The van der Waals surface area contributed by atoms with Gasteiger partial charge in [-0.2, -0.15) is 0 Å². The van der Waals surface area contributed by atoms with Gasteiger partial charge in [0.1, 0.15) is 5.82 Å². The molecule has 172 valence electrons. The second kappa shape index (κ2) is 9.32. The number of amides is 3. The van der Waals surface area contributed by atoms with Crippen LogP contribution in [0.1, 0.15) is 41.8 Å². The minimum absolute atomic E-state index is 0.00462. The zero-order valence-corrected chi connectivity index (χ0v) is 19.4. The number of hydrogen-bond acceptors (Lipinski definition) is 6. The maximum atomic E-state index is 13.2. The number of carbonyl (C=O) groups excluding carboxylic acids is 3. The van der Waals surface area contributed by atoms with Crippen LogP contribution >= 0.6 is 22.9 Å². The number of aromatic nitrogens is 1. The number of hydrogen-bond donors (Lipinski definition) is 1. The van der Waals surface area contributed by atoms with Gasteiger partial charge in [-0.25, -0.2) is 4.39 Å².